The molecule has 3 heteroatoms. The smallest absolute Gasteiger partial charge is 0.119 e. The van der Waals surface area contributed by atoms with Gasteiger partial charge in [-0.2, -0.15) is 12.6 Å². The zero-order valence-corrected chi connectivity index (χ0v) is 11.9. The number of hydrogen-bond donors (Lipinski definition) is 1. The van der Waals surface area contributed by atoms with Crippen LogP contribution < -0.4 is 4.74 Å². The van der Waals surface area contributed by atoms with E-state index < -0.39 is 0 Å². The molecule has 0 spiro atoms. The Kier molecular flexibility index (Phi) is 6.45. The summed E-state index contributed by atoms with van der Waals surface area (Å²) in [7, 11) is 0. The molecule has 0 radical (unpaired) electrons. The van der Waals surface area contributed by atoms with E-state index in [0.29, 0.717) is 0 Å². The van der Waals surface area contributed by atoms with Crippen LogP contribution in [0.2, 0.25) is 0 Å². The largest absolute Gasteiger partial charge is 0.492 e. The highest BCUT2D eigenvalue weighted by Crippen LogP contribution is 2.21. The average Bonchev–Trinajstić information content (AvgIpc) is 2.35. The molecular formula is C14H23NOS. The Hall–Kier alpha value is -0.670. The Morgan fingerprint density at radius 1 is 1.18 bits per heavy atom. The normalized spacial score (nSPS) is 12.8. The number of nitrogens with zero attached hydrogens (tertiary/aromatic N) is 1. The van der Waals surface area contributed by atoms with Crippen molar-refractivity contribution in [1.29, 1.82) is 0 Å². The first-order valence-corrected chi connectivity index (χ1v) is 6.82. The molecule has 0 N–H and O–H groups in total. The first kappa shape index (κ1) is 14.4. The summed E-state index contributed by atoms with van der Waals surface area (Å²) < 4.78 is 5.71. The molecule has 0 aromatic heterocycles. The fourth-order valence-corrected chi connectivity index (χ4v) is 1.85. The number of ether oxygens (including phenoxy) is 1. The first-order valence-electron chi connectivity index (χ1n) is 6.30. The van der Waals surface area contributed by atoms with Crippen molar-refractivity contribution in [2.24, 2.45) is 0 Å². The summed E-state index contributed by atoms with van der Waals surface area (Å²) in [6.45, 7) is 10.3. The van der Waals surface area contributed by atoms with Crippen molar-refractivity contribution in [3.05, 3.63) is 29.8 Å². The summed E-state index contributed by atoms with van der Waals surface area (Å²) in [4.78, 5) is 2.35. The van der Waals surface area contributed by atoms with Gasteiger partial charge in [-0.3, -0.25) is 0 Å². The van der Waals surface area contributed by atoms with Gasteiger partial charge in [0.2, 0.25) is 0 Å². The van der Waals surface area contributed by atoms with Gasteiger partial charge >= 0.3 is 0 Å². The van der Waals surface area contributed by atoms with Crippen LogP contribution in [0.1, 0.15) is 31.6 Å². The Morgan fingerprint density at radius 2 is 1.76 bits per heavy atom. The minimum Gasteiger partial charge on any atom is -0.492 e. The predicted molar refractivity (Wildman–Crippen MR) is 77.1 cm³/mol. The lowest BCUT2D eigenvalue weighted by molar-refractivity contribution is 0.223. The summed E-state index contributed by atoms with van der Waals surface area (Å²) in [6, 6.07) is 8.18. The number of benzene rings is 1. The Morgan fingerprint density at radius 3 is 2.24 bits per heavy atom. The summed E-state index contributed by atoms with van der Waals surface area (Å²) in [5.74, 6) is 0.940. The maximum Gasteiger partial charge on any atom is 0.119 e. The fourth-order valence-electron chi connectivity index (χ4n) is 1.67. The van der Waals surface area contributed by atoms with Gasteiger partial charge in [-0.05, 0) is 37.7 Å². The van der Waals surface area contributed by atoms with E-state index in [2.05, 4.69) is 50.4 Å². The van der Waals surface area contributed by atoms with Crippen molar-refractivity contribution >= 4 is 12.6 Å². The topological polar surface area (TPSA) is 12.5 Å². The lowest BCUT2D eigenvalue weighted by Gasteiger charge is -2.18. The minimum absolute atomic E-state index is 0.278. The molecule has 0 aliphatic heterocycles. The van der Waals surface area contributed by atoms with E-state index in [1.54, 1.807) is 0 Å². The van der Waals surface area contributed by atoms with Gasteiger partial charge < -0.3 is 9.64 Å². The molecule has 0 aliphatic rings. The fraction of sp³-hybridized carbons (Fsp3) is 0.571. The Bertz CT molecular complexity index is 307. The van der Waals surface area contributed by atoms with Crippen molar-refractivity contribution in [3.8, 4) is 5.75 Å². The predicted octanol–water partition coefficient (Wildman–Crippen LogP) is 3.40. The van der Waals surface area contributed by atoms with Crippen molar-refractivity contribution in [1.82, 2.24) is 4.90 Å². The molecule has 1 unspecified atom stereocenters. The first-order chi connectivity index (χ1) is 8.17. The van der Waals surface area contributed by atoms with Gasteiger partial charge in [0.25, 0.3) is 0 Å². The minimum atomic E-state index is 0.278. The third-order valence-electron chi connectivity index (χ3n) is 2.93. The monoisotopic (exact) mass is 253 g/mol. The molecule has 1 aromatic rings. The van der Waals surface area contributed by atoms with Crippen molar-refractivity contribution in [2.75, 3.05) is 26.2 Å². The molecule has 0 aliphatic carbocycles. The van der Waals surface area contributed by atoms with E-state index in [1.807, 2.05) is 12.1 Å². The highest BCUT2D eigenvalue weighted by Gasteiger charge is 2.01. The summed E-state index contributed by atoms with van der Waals surface area (Å²) in [5.41, 5.74) is 1.23. The molecule has 1 aromatic carbocycles. The van der Waals surface area contributed by atoms with Crippen molar-refractivity contribution < 1.29 is 4.74 Å². The number of thiol groups is 1. The van der Waals surface area contributed by atoms with E-state index in [4.69, 9.17) is 4.74 Å². The molecule has 0 saturated carbocycles. The lowest BCUT2D eigenvalue weighted by atomic mass is 10.1. The summed E-state index contributed by atoms with van der Waals surface area (Å²) >= 11 is 4.40. The number of rotatable bonds is 7. The van der Waals surface area contributed by atoms with Gasteiger partial charge in [0.1, 0.15) is 12.4 Å². The van der Waals surface area contributed by atoms with Crippen LogP contribution in [0.15, 0.2) is 24.3 Å². The Labute approximate surface area is 110 Å². The van der Waals surface area contributed by atoms with E-state index in [0.717, 1.165) is 32.0 Å². The molecule has 0 heterocycles. The summed E-state index contributed by atoms with van der Waals surface area (Å²) in [6.07, 6.45) is 0. The SMILES string of the molecule is CCN(CC)CCOc1ccc(C(C)S)cc1. The zero-order valence-electron chi connectivity index (χ0n) is 11.0. The lowest BCUT2D eigenvalue weighted by Crippen LogP contribution is -2.27. The average molecular weight is 253 g/mol. The van der Waals surface area contributed by atoms with Gasteiger partial charge in [-0.15, -0.1) is 0 Å². The quantitative estimate of drug-likeness (QED) is 0.748. The van der Waals surface area contributed by atoms with Gasteiger partial charge in [0.05, 0.1) is 0 Å². The van der Waals surface area contributed by atoms with Crippen LogP contribution in [0.25, 0.3) is 0 Å². The molecule has 0 amide bonds. The van der Waals surface area contributed by atoms with E-state index in [9.17, 15) is 0 Å². The van der Waals surface area contributed by atoms with Crippen LogP contribution in [-0.4, -0.2) is 31.1 Å². The molecule has 1 atom stereocenters. The van der Waals surface area contributed by atoms with Crippen LogP contribution in [0.3, 0.4) is 0 Å². The van der Waals surface area contributed by atoms with Gasteiger partial charge in [0, 0.05) is 11.8 Å². The van der Waals surface area contributed by atoms with Crippen LogP contribution in [0, 0.1) is 0 Å². The van der Waals surface area contributed by atoms with Gasteiger partial charge in [-0.1, -0.05) is 26.0 Å². The molecule has 0 fully saturated rings. The second-order valence-electron chi connectivity index (χ2n) is 4.12. The van der Waals surface area contributed by atoms with Gasteiger partial charge in [-0.25, -0.2) is 0 Å². The third-order valence-corrected chi connectivity index (χ3v) is 3.23. The molecule has 17 heavy (non-hydrogen) atoms. The second-order valence-corrected chi connectivity index (χ2v) is 4.89. The van der Waals surface area contributed by atoms with Crippen molar-refractivity contribution in [2.45, 2.75) is 26.0 Å². The number of hydrogen-bond acceptors (Lipinski definition) is 3. The Balaban J connectivity index is 2.37. The van der Waals surface area contributed by atoms with Crippen LogP contribution in [0.4, 0.5) is 0 Å². The van der Waals surface area contributed by atoms with Crippen LogP contribution in [0.5, 0.6) is 5.75 Å². The molecular weight excluding hydrogens is 230 g/mol. The van der Waals surface area contributed by atoms with Crippen molar-refractivity contribution in [3.63, 3.8) is 0 Å². The van der Waals surface area contributed by atoms with Gasteiger partial charge in [0.15, 0.2) is 0 Å². The maximum absolute atomic E-state index is 5.71. The molecule has 1 rings (SSSR count). The standard InChI is InChI=1S/C14H23NOS/c1-4-15(5-2)10-11-16-14-8-6-13(7-9-14)12(3)17/h6-9,12,17H,4-5,10-11H2,1-3H3. The molecule has 96 valence electrons. The summed E-state index contributed by atoms with van der Waals surface area (Å²) in [5, 5.41) is 0.278. The highest BCUT2D eigenvalue weighted by molar-refractivity contribution is 7.80. The van der Waals surface area contributed by atoms with E-state index in [1.165, 1.54) is 5.56 Å². The van der Waals surface area contributed by atoms with Crippen LogP contribution in [-0.2, 0) is 0 Å². The zero-order chi connectivity index (χ0) is 12.7. The molecule has 0 bridgehead atoms. The van der Waals surface area contributed by atoms with E-state index >= 15 is 0 Å². The number of likely N-dealkylation sites (N-methyl/N-ethyl adjacent to an activating group) is 1. The highest BCUT2D eigenvalue weighted by atomic mass is 32.1. The molecule has 2 nitrogen and oxygen atoms in total. The van der Waals surface area contributed by atoms with E-state index in [-0.39, 0.29) is 5.25 Å². The second kappa shape index (κ2) is 7.62. The molecule has 0 saturated heterocycles. The van der Waals surface area contributed by atoms with Crippen LogP contribution >= 0.6 is 12.6 Å². The third kappa shape index (κ3) is 5.00. The maximum atomic E-state index is 5.71.